The van der Waals surface area contributed by atoms with Gasteiger partial charge in [0, 0.05) is 53.1 Å². The fraction of sp³-hybridized carbons (Fsp3) is 0.241. The van der Waals surface area contributed by atoms with Gasteiger partial charge in [-0.2, -0.15) is 0 Å². The third kappa shape index (κ3) is 2.77. The maximum Gasteiger partial charge on any atom is 0.254 e. The zero-order valence-corrected chi connectivity index (χ0v) is 19.2. The Balaban J connectivity index is 1.23. The van der Waals surface area contributed by atoms with Crippen molar-refractivity contribution >= 4 is 22.6 Å². The maximum atomic E-state index is 12.8. The Morgan fingerprint density at radius 3 is 2.63 bits per heavy atom. The largest absolute Gasteiger partial charge is 0.331 e. The van der Waals surface area contributed by atoms with Crippen molar-refractivity contribution in [1.29, 1.82) is 0 Å². The molecule has 3 aliphatic rings. The van der Waals surface area contributed by atoms with E-state index in [1.54, 1.807) is 0 Å². The third-order valence-electron chi connectivity index (χ3n) is 8.01. The third-order valence-corrected chi connectivity index (χ3v) is 8.01. The lowest BCUT2D eigenvalue weighted by Gasteiger charge is -2.17. The lowest BCUT2D eigenvalue weighted by molar-refractivity contribution is 0.0766. The number of imidazole rings is 1. The van der Waals surface area contributed by atoms with Crippen LogP contribution in [0.1, 0.15) is 52.9 Å². The molecule has 35 heavy (non-hydrogen) atoms. The molecule has 6 nitrogen and oxygen atoms in total. The van der Waals surface area contributed by atoms with Crippen LogP contribution in [0, 0.1) is 0 Å². The number of pyridine rings is 1. The number of carbonyl (C=O) groups excluding carboxylic acids is 1. The molecule has 2 saturated carbocycles. The fourth-order valence-electron chi connectivity index (χ4n) is 5.86. The summed E-state index contributed by atoms with van der Waals surface area (Å²) in [6.45, 7) is 0.718. The molecule has 1 amide bonds. The number of fused-ring (bicyclic) bond motifs is 3. The van der Waals surface area contributed by atoms with E-state index in [2.05, 4.69) is 45.9 Å². The summed E-state index contributed by atoms with van der Waals surface area (Å²) in [5, 5.41) is 1.16. The number of aromatic nitrogens is 4. The van der Waals surface area contributed by atoms with Gasteiger partial charge in [0.25, 0.3) is 5.91 Å². The lowest BCUT2D eigenvalue weighted by Crippen LogP contribution is -2.25. The Morgan fingerprint density at radius 2 is 1.77 bits per heavy atom. The summed E-state index contributed by atoms with van der Waals surface area (Å²) < 4.78 is 2.15. The van der Waals surface area contributed by atoms with Crippen molar-refractivity contribution in [2.24, 2.45) is 0 Å². The monoisotopic (exact) mass is 457 g/mol. The number of hydrogen-bond acceptors (Lipinski definition) is 4. The average molecular weight is 458 g/mol. The van der Waals surface area contributed by atoms with Gasteiger partial charge in [0.15, 0.2) is 0 Å². The zero-order chi connectivity index (χ0) is 23.1. The molecule has 2 fully saturated rings. The van der Waals surface area contributed by atoms with E-state index in [-0.39, 0.29) is 11.3 Å². The highest BCUT2D eigenvalue weighted by atomic mass is 16.2. The van der Waals surface area contributed by atoms with Crippen molar-refractivity contribution in [2.45, 2.75) is 43.7 Å². The summed E-state index contributed by atoms with van der Waals surface area (Å²) in [5.41, 5.74) is 7.47. The molecule has 2 aliphatic carbocycles. The van der Waals surface area contributed by atoms with Gasteiger partial charge in [0.2, 0.25) is 5.78 Å². The topological polar surface area (TPSA) is 63.4 Å². The van der Waals surface area contributed by atoms with E-state index in [9.17, 15) is 4.79 Å². The second-order valence-corrected chi connectivity index (χ2v) is 10.2. The maximum absolute atomic E-state index is 12.8. The number of amides is 1. The molecule has 0 unspecified atom stereocenters. The number of nitrogens with zero attached hydrogens (tertiary/aromatic N) is 5. The van der Waals surface area contributed by atoms with Crippen LogP contribution in [0.3, 0.4) is 0 Å². The molecule has 0 spiro atoms. The predicted octanol–water partition coefficient (Wildman–Crippen LogP) is 5.14. The van der Waals surface area contributed by atoms with Crippen LogP contribution >= 0.6 is 0 Å². The van der Waals surface area contributed by atoms with Gasteiger partial charge in [-0.15, -0.1) is 0 Å². The molecule has 0 saturated heterocycles. The Kier molecular flexibility index (Phi) is 3.72. The van der Waals surface area contributed by atoms with Crippen LogP contribution in [0.5, 0.6) is 0 Å². The fourth-order valence-corrected chi connectivity index (χ4v) is 5.86. The molecule has 1 aliphatic heterocycles. The van der Waals surface area contributed by atoms with Crippen molar-refractivity contribution in [3.63, 3.8) is 0 Å². The molecule has 6 heteroatoms. The van der Waals surface area contributed by atoms with Crippen LogP contribution in [0.2, 0.25) is 0 Å². The summed E-state index contributed by atoms with van der Waals surface area (Å²) in [4.78, 5) is 28.9. The van der Waals surface area contributed by atoms with Gasteiger partial charge in [0.1, 0.15) is 0 Å². The van der Waals surface area contributed by atoms with Crippen molar-refractivity contribution in [3.05, 3.63) is 95.7 Å². The molecule has 5 aromatic rings. The van der Waals surface area contributed by atoms with Crippen LogP contribution < -0.4 is 0 Å². The number of hydrogen-bond donors (Lipinski definition) is 0. The van der Waals surface area contributed by atoms with Crippen molar-refractivity contribution < 1.29 is 4.79 Å². The summed E-state index contributed by atoms with van der Waals surface area (Å²) >= 11 is 0. The number of para-hydroxylation sites is 1. The van der Waals surface area contributed by atoms with E-state index >= 15 is 0 Å². The van der Waals surface area contributed by atoms with Gasteiger partial charge >= 0.3 is 0 Å². The first-order valence-electron chi connectivity index (χ1n) is 12.3. The van der Waals surface area contributed by atoms with Gasteiger partial charge in [-0.25, -0.2) is 9.97 Å². The van der Waals surface area contributed by atoms with Crippen LogP contribution in [0.4, 0.5) is 0 Å². The van der Waals surface area contributed by atoms with E-state index < -0.39 is 0 Å². The summed E-state index contributed by atoms with van der Waals surface area (Å²) in [6, 6.07) is 17.2. The number of carbonyl (C=O) groups is 1. The van der Waals surface area contributed by atoms with Crippen LogP contribution in [-0.2, 0) is 12.0 Å². The second kappa shape index (κ2) is 6.75. The molecule has 170 valence electrons. The first kappa shape index (κ1) is 19.3. The molecule has 2 aromatic carbocycles. The van der Waals surface area contributed by atoms with Gasteiger partial charge in [-0.05, 0) is 60.6 Å². The molecular formula is C29H23N5O. The van der Waals surface area contributed by atoms with Crippen molar-refractivity contribution in [3.8, 4) is 11.1 Å². The van der Waals surface area contributed by atoms with E-state index in [1.165, 1.54) is 5.56 Å². The molecule has 0 bridgehead atoms. The Bertz CT molecular complexity index is 1670. The highest BCUT2D eigenvalue weighted by Crippen LogP contribution is 2.55. The summed E-state index contributed by atoms with van der Waals surface area (Å²) in [5.74, 6) is 0.887. The standard InChI is InChI=1S/C29H23N5O/c35-27-23-9-6-19(13-20(23)16-33(27)22-7-8-22)21-14-31-28-32-15-25(34(28)17-21)29(10-11-29)24-5-1-3-18-4-2-12-30-26(18)24/h1-6,9,12-15,17,22H,7-8,10-11,16H2. The first-order chi connectivity index (χ1) is 17.2. The van der Waals surface area contributed by atoms with Crippen molar-refractivity contribution in [2.75, 3.05) is 0 Å². The average Bonchev–Trinajstić information content (AvgIpc) is 3.83. The molecule has 0 N–H and O–H groups in total. The molecule has 3 aromatic heterocycles. The lowest BCUT2D eigenvalue weighted by atomic mass is 9.90. The van der Waals surface area contributed by atoms with Gasteiger partial charge in [-0.3, -0.25) is 14.2 Å². The Hall–Kier alpha value is -4.06. The predicted molar refractivity (Wildman–Crippen MR) is 133 cm³/mol. The van der Waals surface area contributed by atoms with Gasteiger partial charge in [0.05, 0.1) is 17.4 Å². The van der Waals surface area contributed by atoms with E-state index in [0.29, 0.717) is 11.8 Å². The minimum atomic E-state index is -0.0945. The highest BCUT2D eigenvalue weighted by Gasteiger charge is 2.49. The number of rotatable bonds is 4. The van der Waals surface area contributed by atoms with Crippen LogP contribution in [0.15, 0.2) is 73.3 Å². The van der Waals surface area contributed by atoms with E-state index in [4.69, 9.17) is 9.97 Å². The molecule has 4 heterocycles. The van der Waals surface area contributed by atoms with Gasteiger partial charge in [-0.1, -0.05) is 30.3 Å². The summed E-state index contributed by atoms with van der Waals surface area (Å²) in [6.07, 6.45) is 12.3. The van der Waals surface area contributed by atoms with E-state index in [0.717, 1.165) is 71.1 Å². The molecule has 0 radical (unpaired) electrons. The number of benzene rings is 2. The second-order valence-electron chi connectivity index (χ2n) is 10.2. The SMILES string of the molecule is O=C1c2ccc(-c3cnc4ncc(C5(c6cccc7cccnc67)CC5)n4c3)cc2CN1C1CC1. The van der Waals surface area contributed by atoms with Crippen LogP contribution in [-0.4, -0.2) is 36.2 Å². The molecular weight excluding hydrogens is 434 g/mol. The Morgan fingerprint density at radius 1 is 0.914 bits per heavy atom. The highest BCUT2D eigenvalue weighted by molar-refractivity contribution is 5.99. The smallest absolute Gasteiger partial charge is 0.254 e. The minimum Gasteiger partial charge on any atom is -0.331 e. The molecule has 8 rings (SSSR count). The summed E-state index contributed by atoms with van der Waals surface area (Å²) in [7, 11) is 0. The quantitative estimate of drug-likeness (QED) is 0.375. The van der Waals surface area contributed by atoms with Crippen molar-refractivity contribution in [1.82, 2.24) is 24.3 Å². The van der Waals surface area contributed by atoms with E-state index in [1.807, 2.05) is 41.7 Å². The first-order valence-corrected chi connectivity index (χ1v) is 12.3. The minimum absolute atomic E-state index is 0.0945. The van der Waals surface area contributed by atoms with Crippen LogP contribution in [0.25, 0.3) is 27.8 Å². The normalized spacial score (nSPS) is 18.4. The molecule has 0 atom stereocenters. The Labute approximate surface area is 202 Å². The van der Waals surface area contributed by atoms with Gasteiger partial charge < -0.3 is 4.90 Å². The zero-order valence-electron chi connectivity index (χ0n) is 19.2.